The third-order valence-electron chi connectivity index (χ3n) is 7.46. The van der Waals surface area contributed by atoms with Crippen LogP contribution < -0.4 is 10.1 Å². The maximum Gasteiger partial charge on any atom is 0.318 e. The van der Waals surface area contributed by atoms with E-state index in [2.05, 4.69) is 10.3 Å². The number of hydrogen-bond acceptors (Lipinski definition) is 4. The van der Waals surface area contributed by atoms with E-state index < -0.39 is 6.04 Å². The topological polar surface area (TPSA) is 97.9 Å². The number of carbonyl (C=O) groups excluding carboxylic acids is 2. The monoisotopic (exact) mass is 440 g/mol. The summed E-state index contributed by atoms with van der Waals surface area (Å²) in [5, 5.41) is 14.3. The van der Waals surface area contributed by atoms with Crippen molar-refractivity contribution in [2.45, 2.75) is 44.1 Å². The first-order chi connectivity index (χ1) is 15.5. The van der Waals surface area contributed by atoms with Gasteiger partial charge in [0.05, 0.1) is 25.2 Å². The third-order valence-corrected chi connectivity index (χ3v) is 7.46. The molecule has 32 heavy (non-hydrogen) atoms. The maximum absolute atomic E-state index is 13.0. The predicted molar refractivity (Wildman–Crippen MR) is 121 cm³/mol. The van der Waals surface area contributed by atoms with Crippen molar-refractivity contribution < 1.29 is 19.4 Å². The van der Waals surface area contributed by atoms with Crippen LogP contribution >= 0.6 is 0 Å². The van der Waals surface area contributed by atoms with E-state index in [-0.39, 0.29) is 29.9 Å². The highest BCUT2D eigenvalue weighted by Gasteiger charge is 2.55. The molecule has 1 aromatic heterocycles. The fourth-order valence-corrected chi connectivity index (χ4v) is 5.57. The smallest absolute Gasteiger partial charge is 0.318 e. The molecule has 2 fully saturated rings. The summed E-state index contributed by atoms with van der Waals surface area (Å²) < 4.78 is 5.40. The van der Waals surface area contributed by atoms with Gasteiger partial charge >= 0.3 is 6.03 Å². The summed E-state index contributed by atoms with van der Waals surface area (Å²) in [6.45, 7) is 4.11. The second-order valence-electron chi connectivity index (χ2n) is 9.49. The number of methoxy groups -OCH3 is 1. The Balaban J connectivity index is 1.55. The number of nitrogens with one attached hydrogen (secondary N) is 2. The average Bonchev–Trinajstić information content (AvgIpc) is 3.12. The van der Waals surface area contributed by atoms with Crippen molar-refractivity contribution in [3.63, 3.8) is 0 Å². The fraction of sp³-hybridized carbons (Fsp3) is 0.583. The lowest BCUT2D eigenvalue weighted by atomic mass is 9.68. The molecule has 1 aromatic carbocycles. The van der Waals surface area contributed by atoms with Crippen molar-refractivity contribution >= 4 is 22.8 Å². The molecule has 1 atom stereocenters. The number of aliphatic hydroxyl groups is 1. The first-order valence-electron chi connectivity index (χ1n) is 11.7. The second kappa shape index (κ2) is 7.99. The molecule has 1 aliphatic carbocycles. The summed E-state index contributed by atoms with van der Waals surface area (Å²) in [5.74, 6) is 1.16. The third kappa shape index (κ3) is 3.15. The number of aromatic nitrogens is 1. The van der Waals surface area contributed by atoms with Gasteiger partial charge in [0, 0.05) is 54.8 Å². The average molecular weight is 441 g/mol. The Morgan fingerprint density at radius 1 is 1.28 bits per heavy atom. The lowest BCUT2D eigenvalue weighted by Crippen LogP contribution is -2.69. The van der Waals surface area contributed by atoms with Crippen molar-refractivity contribution in [3.05, 3.63) is 29.5 Å². The maximum atomic E-state index is 13.0. The number of carbonyl (C=O) groups is 2. The molecule has 3 amide bonds. The van der Waals surface area contributed by atoms with E-state index in [9.17, 15) is 14.7 Å². The molecule has 2 aromatic rings. The molecular weight excluding hydrogens is 408 g/mol. The zero-order chi connectivity index (χ0) is 22.5. The highest BCUT2D eigenvalue weighted by Crippen LogP contribution is 2.49. The van der Waals surface area contributed by atoms with E-state index in [1.807, 2.05) is 30.0 Å². The highest BCUT2D eigenvalue weighted by molar-refractivity contribution is 5.90. The molecule has 1 spiro atoms. The first kappa shape index (κ1) is 21.1. The number of ether oxygens (including phenoxy) is 1. The van der Waals surface area contributed by atoms with Crippen LogP contribution in [-0.2, 0) is 10.2 Å². The molecule has 0 unspecified atom stereocenters. The Bertz CT molecular complexity index is 1040. The van der Waals surface area contributed by atoms with Crippen molar-refractivity contribution in [1.29, 1.82) is 0 Å². The first-order valence-corrected chi connectivity index (χ1v) is 11.7. The Hall–Kier alpha value is -2.74. The number of hydrogen-bond donors (Lipinski definition) is 3. The van der Waals surface area contributed by atoms with Crippen LogP contribution in [0.15, 0.2) is 18.2 Å². The molecule has 8 heteroatoms. The summed E-state index contributed by atoms with van der Waals surface area (Å²) in [7, 11) is 1.64. The standard InChI is InChI=1S/C24H32N4O4/c1-3-9-25-23(31)28-14-24(12-27(13-24)22(30)15-5-4-6-15)20-17-8-7-16(32-2)10-18(17)26-21(20)19(28)11-29/h7-8,10,15,19,26,29H,3-6,9,11-14H2,1-2H3,(H,25,31)/t19-/m1/s1. The lowest BCUT2D eigenvalue weighted by Gasteiger charge is -2.56. The normalized spacial score (nSPS) is 21.8. The van der Waals surface area contributed by atoms with Crippen LogP contribution in [0, 0.1) is 5.92 Å². The molecule has 8 nitrogen and oxygen atoms in total. The van der Waals surface area contributed by atoms with E-state index in [0.29, 0.717) is 26.2 Å². The molecule has 0 radical (unpaired) electrons. The second-order valence-corrected chi connectivity index (χ2v) is 9.49. The molecule has 1 saturated heterocycles. The Labute approximate surface area is 187 Å². The van der Waals surface area contributed by atoms with Crippen molar-refractivity contribution in [3.8, 4) is 5.75 Å². The van der Waals surface area contributed by atoms with Gasteiger partial charge in [-0.1, -0.05) is 13.3 Å². The van der Waals surface area contributed by atoms with Crippen LogP contribution in [0.3, 0.4) is 0 Å². The number of likely N-dealkylation sites (tertiary alicyclic amines) is 1. The molecule has 2 aliphatic heterocycles. The van der Waals surface area contributed by atoms with Crippen LogP contribution in [0.25, 0.3) is 10.9 Å². The van der Waals surface area contributed by atoms with Gasteiger partial charge in [0.1, 0.15) is 5.75 Å². The SMILES string of the molecule is CCCNC(=O)N1CC2(CN(C(=O)C3CCC3)C2)c2c([nH]c3cc(OC)ccc23)[C@H]1CO. The number of aliphatic hydroxyl groups excluding tert-OH is 1. The molecule has 1 saturated carbocycles. The van der Waals surface area contributed by atoms with Crippen LogP contribution in [0.2, 0.25) is 0 Å². The molecule has 0 bridgehead atoms. The Morgan fingerprint density at radius 3 is 2.69 bits per heavy atom. The van der Waals surface area contributed by atoms with Gasteiger partial charge in [-0.2, -0.15) is 0 Å². The van der Waals surface area contributed by atoms with Gasteiger partial charge in [-0.05, 0) is 37.0 Å². The lowest BCUT2D eigenvalue weighted by molar-refractivity contribution is -0.147. The zero-order valence-electron chi connectivity index (χ0n) is 18.8. The summed E-state index contributed by atoms with van der Waals surface area (Å²) >= 11 is 0. The minimum absolute atomic E-state index is 0.164. The minimum Gasteiger partial charge on any atom is -0.497 e. The van der Waals surface area contributed by atoms with Crippen molar-refractivity contribution in [2.24, 2.45) is 5.92 Å². The van der Waals surface area contributed by atoms with Gasteiger partial charge in [0.25, 0.3) is 0 Å². The quantitative estimate of drug-likeness (QED) is 0.666. The number of H-pyrrole nitrogens is 1. The predicted octanol–water partition coefficient (Wildman–Crippen LogP) is 2.53. The number of nitrogens with zero attached hydrogens (tertiary/aromatic N) is 2. The van der Waals surface area contributed by atoms with Crippen LogP contribution in [-0.4, -0.2) is 71.7 Å². The van der Waals surface area contributed by atoms with E-state index in [0.717, 1.165) is 53.6 Å². The van der Waals surface area contributed by atoms with Crippen LogP contribution in [0.1, 0.15) is 49.9 Å². The largest absolute Gasteiger partial charge is 0.497 e. The summed E-state index contributed by atoms with van der Waals surface area (Å²) in [6, 6.07) is 5.31. The van der Waals surface area contributed by atoms with E-state index in [1.165, 1.54) is 0 Å². The molecule has 3 heterocycles. The van der Waals surface area contributed by atoms with Gasteiger partial charge in [-0.3, -0.25) is 4.79 Å². The summed E-state index contributed by atoms with van der Waals surface area (Å²) in [5.41, 5.74) is 2.58. The number of amides is 3. The number of fused-ring (bicyclic) bond motifs is 4. The summed E-state index contributed by atoms with van der Waals surface area (Å²) in [4.78, 5) is 33.1. The van der Waals surface area contributed by atoms with Crippen molar-refractivity contribution in [1.82, 2.24) is 20.1 Å². The number of rotatable bonds is 5. The van der Waals surface area contributed by atoms with E-state index in [1.54, 1.807) is 12.0 Å². The number of urea groups is 1. The van der Waals surface area contributed by atoms with Crippen LogP contribution in [0.5, 0.6) is 5.75 Å². The number of benzene rings is 1. The Morgan fingerprint density at radius 2 is 2.06 bits per heavy atom. The van der Waals surface area contributed by atoms with Gasteiger partial charge in [0.15, 0.2) is 0 Å². The fourth-order valence-electron chi connectivity index (χ4n) is 5.57. The molecule has 172 valence electrons. The summed E-state index contributed by atoms with van der Waals surface area (Å²) in [6.07, 6.45) is 3.94. The van der Waals surface area contributed by atoms with Gasteiger partial charge in [-0.25, -0.2) is 4.79 Å². The molecule has 3 aliphatic rings. The van der Waals surface area contributed by atoms with Gasteiger partial charge < -0.3 is 29.9 Å². The minimum atomic E-state index is -0.456. The molecule has 5 rings (SSSR count). The van der Waals surface area contributed by atoms with E-state index >= 15 is 0 Å². The van der Waals surface area contributed by atoms with Crippen molar-refractivity contribution in [2.75, 3.05) is 39.9 Å². The number of aromatic amines is 1. The van der Waals surface area contributed by atoms with E-state index in [4.69, 9.17) is 4.74 Å². The van der Waals surface area contributed by atoms with Gasteiger partial charge in [-0.15, -0.1) is 0 Å². The zero-order valence-corrected chi connectivity index (χ0v) is 18.8. The molecule has 3 N–H and O–H groups in total. The Kier molecular flexibility index (Phi) is 5.28. The van der Waals surface area contributed by atoms with Crippen LogP contribution in [0.4, 0.5) is 4.79 Å². The highest BCUT2D eigenvalue weighted by atomic mass is 16.5. The molecular formula is C24H32N4O4. The van der Waals surface area contributed by atoms with Gasteiger partial charge in [0.2, 0.25) is 5.91 Å².